The van der Waals surface area contributed by atoms with E-state index >= 15 is 0 Å². The lowest BCUT2D eigenvalue weighted by atomic mass is 9.99. The lowest BCUT2D eigenvalue weighted by Crippen LogP contribution is -2.20. The molecular formula is C19H26FN7. The summed E-state index contributed by atoms with van der Waals surface area (Å²) in [5, 5.41) is 20.6. The molecule has 0 aliphatic carbocycles. The Morgan fingerprint density at radius 3 is 2.85 bits per heavy atom. The number of nitrogens with zero attached hydrogens (tertiary/aromatic N) is 3. The molecule has 0 bridgehead atoms. The first-order chi connectivity index (χ1) is 13.0. The Kier molecular flexibility index (Phi) is 5.25. The van der Waals surface area contributed by atoms with Gasteiger partial charge < -0.3 is 21.8 Å². The lowest BCUT2D eigenvalue weighted by molar-refractivity contribution is 0.384. The van der Waals surface area contributed by atoms with Gasteiger partial charge in [0.25, 0.3) is 0 Å². The first-order valence-corrected chi connectivity index (χ1v) is 8.75. The van der Waals surface area contributed by atoms with Crippen molar-refractivity contribution in [3.8, 4) is 0 Å². The van der Waals surface area contributed by atoms with Gasteiger partial charge in [0.1, 0.15) is 0 Å². The number of aromatic nitrogens is 2. The molecule has 1 fully saturated rings. The van der Waals surface area contributed by atoms with Gasteiger partial charge in [-0.15, -0.1) is 0 Å². The summed E-state index contributed by atoms with van der Waals surface area (Å²) >= 11 is 0. The standard InChI is InChI=1S/C19H24FN7.H2/c1-26-17(7-18(25-26)27-5-4-12(8-20)11-27)19(24)15-6-13(2-3-16(15)23)14(9-21)10-22;/h2-3,6-7,9-10,12,21,24H,4-5,8,11,22-23H2,1H3;1H/b14-10+,21-9?,24-19?;/t12-;/m0./s1. The predicted molar refractivity (Wildman–Crippen MR) is 109 cm³/mol. The summed E-state index contributed by atoms with van der Waals surface area (Å²) in [6.45, 7) is 1.08. The third-order valence-corrected chi connectivity index (χ3v) is 4.94. The van der Waals surface area contributed by atoms with Crippen molar-refractivity contribution in [3.63, 3.8) is 0 Å². The molecule has 7 nitrogen and oxygen atoms in total. The number of anilines is 2. The quantitative estimate of drug-likeness (QED) is 0.460. The van der Waals surface area contributed by atoms with E-state index in [-0.39, 0.29) is 19.7 Å². The fraction of sp³-hybridized carbons (Fsp3) is 0.316. The summed E-state index contributed by atoms with van der Waals surface area (Å²) in [6.07, 6.45) is 3.32. The topological polar surface area (TPSA) is 121 Å². The summed E-state index contributed by atoms with van der Waals surface area (Å²) < 4.78 is 14.5. The van der Waals surface area contributed by atoms with Crippen molar-refractivity contribution in [2.24, 2.45) is 18.7 Å². The van der Waals surface area contributed by atoms with Crippen LogP contribution in [-0.4, -0.2) is 41.5 Å². The van der Waals surface area contributed by atoms with Crippen molar-refractivity contribution in [1.82, 2.24) is 9.78 Å². The zero-order chi connectivity index (χ0) is 19.6. The number of hydrogen-bond donors (Lipinski definition) is 4. The second kappa shape index (κ2) is 7.61. The fourth-order valence-corrected chi connectivity index (χ4v) is 3.33. The molecule has 144 valence electrons. The van der Waals surface area contributed by atoms with Crippen LogP contribution in [0.4, 0.5) is 15.9 Å². The van der Waals surface area contributed by atoms with Crippen LogP contribution in [-0.2, 0) is 7.05 Å². The Hall–Kier alpha value is -3.16. The van der Waals surface area contributed by atoms with E-state index in [2.05, 4.69) is 5.10 Å². The Balaban J connectivity index is 0.00000280. The number of nitrogens with two attached hydrogens (primary N) is 2. The molecule has 1 atom stereocenters. The summed E-state index contributed by atoms with van der Waals surface area (Å²) in [6, 6.07) is 7.07. The highest BCUT2D eigenvalue weighted by atomic mass is 19.1. The van der Waals surface area contributed by atoms with Crippen LogP contribution in [0, 0.1) is 16.7 Å². The van der Waals surface area contributed by atoms with Gasteiger partial charge >= 0.3 is 0 Å². The molecule has 1 aliphatic rings. The van der Waals surface area contributed by atoms with Gasteiger partial charge in [-0.3, -0.25) is 14.5 Å². The predicted octanol–water partition coefficient (Wildman–Crippen LogP) is 2.41. The van der Waals surface area contributed by atoms with Crippen LogP contribution in [0.5, 0.6) is 0 Å². The zero-order valence-corrected chi connectivity index (χ0v) is 15.2. The van der Waals surface area contributed by atoms with Crippen molar-refractivity contribution >= 4 is 29.0 Å². The number of nitrogens with one attached hydrogen (secondary N) is 2. The highest BCUT2D eigenvalue weighted by molar-refractivity contribution is 6.15. The van der Waals surface area contributed by atoms with E-state index in [4.69, 9.17) is 22.3 Å². The zero-order valence-electron chi connectivity index (χ0n) is 15.2. The monoisotopic (exact) mass is 371 g/mol. The number of allylic oxidation sites excluding steroid dienone is 1. The summed E-state index contributed by atoms with van der Waals surface area (Å²) in [4.78, 5) is 2.05. The number of hydrogen-bond acceptors (Lipinski definition) is 6. The third kappa shape index (κ3) is 3.55. The smallest absolute Gasteiger partial charge is 0.151 e. The first kappa shape index (κ1) is 18.6. The molecule has 0 saturated carbocycles. The fourth-order valence-electron chi connectivity index (χ4n) is 3.33. The van der Waals surface area contributed by atoms with E-state index in [9.17, 15) is 4.39 Å². The second-order valence-electron chi connectivity index (χ2n) is 6.71. The van der Waals surface area contributed by atoms with Crippen LogP contribution in [0.3, 0.4) is 0 Å². The summed E-state index contributed by atoms with van der Waals surface area (Å²) in [7, 11) is 1.78. The molecule has 1 saturated heterocycles. The molecule has 2 aromatic rings. The second-order valence-corrected chi connectivity index (χ2v) is 6.71. The molecule has 8 heteroatoms. The molecule has 0 amide bonds. The minimum absolute atomic E-state index is 0. The minimum atomic E-state index is -0.320. The highest BCUT2D eigenvalue weighted by Crippen LogP contribution is 2.26. The lowest BCUT2D eigenvalue weighted by Gasteiger charge is -2.14. The molecule has 0 radical (unpaired) electrons. The van der Waals surface area contributed by atoms with Crippen molar-refractivity contribution in [2.75, 3.05) is 30.4 Å². The van der Waals surface area contributed by atoms with Gasteiger partial charge in [-0.2, -0.15) is 5.10 Å². The van der Waals surface area contributed by atoms with Gasteiger partial charge in [0.15, 0.2) is 5.82 Å². The largest absolute Gasteiger partial charge is 0.404 e. The summed E-state index contributed by atoms with van der Waals surface area (Å²) in [5.41, 5.74) is 14.8. The number of halogens is 1. The average Bonchev–Trinajstić information content (AvgIpc) is 3.30. The van der Waals surface area contributed by atoms with Gasteiger partial charge in [0, 0.05) is 62.8 Å². The molecule has 6 N–H and O–H groups in total. The molecule has 2 heterocycles. The van der Waals surface area contributed by atoms with E-state index in [0.29, 0.717) is 34.6 Å². The van der Waals surface area contributed by atoms with Crippen molar-refractivity contribution in [1.29, 1.82) is 10.8 Å². The van der Waals surface area contributed by atoms with Crippen molar-refractivity contribution in [2.45, 2.75) is 6.42 Å². The molecule has 1 aromatic carbocycles. The number of nitrogen functional groups attached to an aromatic ring is 1. The van der Waals surface area contributed by atoms with Crippen LogP contribution in [0.25, 0.3) is 5.57 Å². The maximum atomic E-state index is 12.9. The van der Waals surface area contributed by atoms with Gasteiger partial charge in [0.05, 0.1) is 18.1 Å². The van der Waals surface area contributed by atoms with E-state index in [1.54, 1.807) is 29.9 Å². The Morgan fingerprint density at radius 1 is 1.44 bits per heavy atom. The van der Waals surface area contributed by atoms with Gasteiger partial charge in [-0.25, -0.2) is 0 Å². The minimum Gasteiger partial charge on any atom is -0.404 e. The maximum absolute atomic E-state index is 12.9. The van der Waals surface area contributed by atoms with Crippen molar-refractivity contribution in [3.05, 3.63) is 47.3 Å². The third-order valence-electron chi connectivity index (χ3n) is 4.94. The number of benzene rings is 1. The molecule has 0 spiro atoms. The molecular weight excluding hydrogens is 345 g/mol. The number of alkyl halides is 1. The first-order valence-electron chi connectivity index (χ1n) is 8.75. The highest BCUT2D eigenvalue weighted by Gasteiger charge is 2.25. The van der Waals surface area contributed by atoms with E-state index in [1.165, 1.54) is 6.20 Å². The van der Waals surface area contributed by atoms with Crippen LogP contribution < -0.4 is 16.4 Å². The van der Waals surface area contributed by atoms with Crippen molar-refractivity contribution < 1.29 is 5.82 Å². The van der Waals surface area contributed by atoms with Crippen LogP contribution in [0.1, 0.15) is 24.7 Å². The Labute approximate surface area is 159 Å². The van der Waals surface area contributed by atoms with Gasteiger partial charge in [0.2, 0.25) is 0 Å². The molecule has 3 rings (SSSR count). The van der Waals surface area contributed by atoms with Crippen LogP contribution in [0.15, 0.2) is 30.5 Å². The van der Waals surface area contributed by atoms with E-state index in [1.807, 2.05) is 11.0 Å². The number of aryl methyl sites for hydroxylation is 1. The van der Waals surface area contributed by atoms with E-state index in [0.717, 1.165) is 25.0 Å². The Bertz CT molecular complexity index is 906. The van der Waals surface area contributed by atoms with Crippen LogP contribution in [0.2, 0.25) is 0 Å². The molecule has 1 aliphatic heterocycles. The van der Waals surface area contributed by atoms with Crippen LogP contribution >= 0.6 is 0 Å². The average molecular weight is 371 g/mol. The number of rotatable bonds is 6. The normalized spacial score (nSPS) is 17.3. The van der Waals surface area contributed by atoms with E-state index < -0.39 is 0 Å². The van der Waals surface area contributed by atoms with Gasteiger partial charge in [-0.05, 0) is 24.1 Å². The SMILES string of the molecule is Cn1nc(N2CC[C@@H](CF)C2)cc1C(=N)c1cc(/C(C=N)=C/N)ccc1N.[HH]. The summed E-state index contributed by atoms with van der Waals surface area (Å²) in [5.74, 6) is 0.787. The molecule has 1 aromatic heterocycles. The maximum Gasteiger partial charge on any atom is 0.151 e. The molecule has 0 unspecified atom stereocenters. The van der Waals surface area contributed by atoms with Gasteiger partial charge in [-0.1, -0.05) is 6.07 Å². The Morgan fingerprint density at radius 2 is 2.22 bits per heavy atom. The molecule has 27 heavy (non-hydrogen) atoms.